The normalized spacial score (nSPS) is 11.9. The molecule has 1 aromatic heterocycles. The van der Waals surface area contributed by atoms with Gasteiger partial charge in [0.05, 0.1) is 5.69 Å². The van der Waals surface area contributed by atoms with Crippen LogP contribution in [0.25, 0.3) is 17.3 Å². The molecule has 0 radical (unpaired) electrons. The van der Waals surface area contributed by atoms with E-state index >= 15 is 0 Å². The first kappa shape index (κ1) is 19.9. The van der Waals surface area contributed by atoms with Crippen molar-refractivity contribution in [2.45, 2.75) is 13.3 Å². The number of carbonyl (C=O) groups is 1. The summed E-state index contributed by atoms with van der Waals surface area (Å²) in [5.74, 6) is 0.451. The fourth-order valence-corrected chi connectivity index (χ4v) is 2.43. The molecule has 0 aliphatic rings. The Morgan fingerprint density at radius 3 is 2.28 bits per heavy atom. The van der Waals surface area contributed by atoms with E-state index in [-0.39, 0.29) is 5.75 Å². The summed E-state index contributed by atoms with van der Waals surface area (Å²) in [6, 6.07) is 11.9. The summed E-state index contributed by atoms with van der Waals surface area (Å²) in [6.07, 6.45) is -2.35. The van der Waals surface area contributed by atoms with Gasteiger partial charge in [-0.2, -0.15) is 0 Å². The van der Waals surface area contributed by atoms with Crippen LogP contribution >= 0.6 is 0 Å². The molecular formula is C19H15F3N4O3. The highest BCUT2D eigenvalue weighted by Gasteiger charge is 2.30. The van der Waals surface area contributed by atoms with Gasteiger partial charge in [0, 0.05) is 0 Å². The second-order valence-electron chi connectivity index (χ2n) is 5.87. The minimum absolute atomic E-state index is 0.318. The molecule has 1 amide bonds. The number of allylic oxidation sites excluding steroid dienone is 1. The van der Waals surface area contributed by atoms with Crippen molar-refractivity contribution in [2.75, 3.05) is 0 Å². The van der Waals surface area contributed by atoms with Gasteiger partial charge in [-0.25, -0.2) is 14.5 Å². The Kier molecular flexibility index (Phi) is 5.53. The summed E-state index contributed by atoms with van der Waals surface area (Å²) in [4.78, 5) is 14.9. The molecule has 0 saturated heterocycles. The Bertz CT molecular complexity index is 1030. The van der Waals surface area contributed by atoms with E-state index in [4.69, 9.17) is 10.5 Å². The minimum atomic E-state index is -4.74. The average molecular weight is 404 g/mol. The quantitative estimate of drug-likeness (QED) is 0.689. The number of hydrogen-bond donors (Lipinski definition) is 1. The highest BCUT2D eigenvalue weighted by Crippen LogP contribution is 2.24. The second-order valence-corrected chi connectivity index (χ2v) is 5.87. The second kappa shape index (κ2) is 8.05. The molecule has 3 aromatic rings. The van der Waals surface area contributed by atoms with Crippen molar-refractivity contribution in [3.05, 3.63) is 66.2 Å². The SMILES string of the molecule is CC(=Cc1ccc(OC(N)=O)cc1)c1ncn(-c2ccc(OC(F)(F)F)cc2)n1. The van der Waals surface area contributed by atoms with Crippen LogP contribution < -0.4 is 15.2 Å². The van der Waals surface area contributed by atoms with Crippen LogP contribution in [0.2, 0.25) is 0 Å². The molecular weight excluding hydrogens is 389 g/mol. The van der Waals surface area contributed by atoms with Gasteiger partial charge in [-0.05, 0) is 60.5 Å². The molecule has 29 heavy (non-hydrogen) atoms. The Balaban J connectivity index is 1.73. The molecule has 7 nitrogen and oxygen atoms in total. The molecule has 0 atom stereocenters. The maximum atomic E-state index is 12.2. The molecule has 2 N–H and O–H groups in total. The van der Waals surface area contributed by atoms with E-state index in [9.17, 15) is 18.0 Å². The van der Waals surface area contributed by atoms with Crippen LogP contribution in [0, 0.1) is 0 Å². The number of alkyl halides is 3. The van der Waals surface area contributed by atoms with Crippen LogP contribution in [0.4, 0.5) is 18.0 Å². The highest BCUT2D eigenvalue weighted by atomic mass is 19.4. The van der Waals surface area contributed by atoms with Gasteiger partial charge < -0.3 is 15.2 Å². The fraction of sp³-hybridized carbons (Fsp3) is 0.105. The molecule has 3 rings (SSSR count). The number of nitrogens with two attached hydrogens (primary N) is 1. The number of ether oxygens (including phenoxy) is 2. The van der Waals surface area contributed by atoms with Gasteiger partial charge in [0.25, 0.3) is 0 Å². The Morgan fingerprint density at radius 2 is 1.69 bits per heavy atom. The van der Waals surface area contributed by atoms with E-state index in [1.54, 1.807) is 24.3 Å². The summed E-state index contributed by atoms with van der Waals surface area (Å²) in [5.41, 5.74) is 7.06. The number of aromatic nitrogens is 3. The molecule has 0 bridgehead atoms. The van der Waals surface area contributed by atoms with Gasteiger partial charge in [-0.3, -0.25) is 0 Å². The van der Waals surface area contributed by atoms with Crippen molar-refractivity contribution in [3.63, 3.8) is 0 Å². The van der Waals surface area contributed by atoms with Crippen LogP contribution in [-0.4, -0.2) is 27.2 Å². The van der Waals surface area contributed by atoms with Gasteiger partial charge in [-0.15, -0.1) is 18.3 Å². The predicted octanol–water partition coefficient (Wildman–Crippen LogP) is 4.18. The van der Waals surface area contributed by atoms with Crippen molar-refractivity contribution in [1.29, 1.82) is 0 Å². The first-order valence-corrected chi connectivity index (χ1v) is 8.23. The molecule has 0 spiro atoms. The zero-order chi connectivity index (χ0) is 21.0. The van der Waals surface area contributed by atoms with E-state index in [1.165, 1.54) is 35.3 Å². The van der Waals surface area contributed by atoms with Crippen molar-refractivity contribution in [3.8, 4) is 17.2 Å². The zero-order valence-corrected chi connectivity index (χ0v) is 15.1. The van der Waals surface area contributed by atoms with E-state index in [1.807, 2.05) is 13.0 Å². The molecule has 0 aliphatic carbocycles. The van der Waals surface area contributed by atoms with Gasteiger partial charge in [0.1, 0.15) is 17.8 Å². The summed E-state index contributed by atoms with van der Waals surface area (Å²) < 4.78 is 46.7. The van der Waals surface area contributed by atoms with E-state index in [0.717, 1.165) is 11.1 Å². The highest BCUT2D eigenvalue weighted by molar-refractivity contribution is 5.77. The topological polar surface area (TPSA) is 92.3 Å². The molecule has 1 heterocycles. The number of amides is 1. The average Bonchev–Trinajstić information content (AvgIpc) is 3.12. The number of hydrogen-bond acceptors (Lipinski definition) is 5. The minimum Gasteiger partial charge on any atom is -0.411 e. The van der Waals surface area contributed by atoms with Crippen molar-refractivity contribution >= 4 is 17.7 Å². The predicted molar refractivity (Wildman–Crippen MR) is 98.2 cm³/mol. The number of rotatable bonds is 5. The van der Waals surface area contributed by atoms with Crippen LogP contribution in [0.15, 0.2) is 54.9 Å². The summed E-state index contributed by atoms with van der Waals surface area (Å²) in [7, 11) is 0. The van der Waals surface area contributed by atoms with Crippen molar-refractivity contribution in [2.24, 2.45) is 5.73 Å². The maximum Gasteiger partial charge on any atom is 0.573 e. The summed E-state index contributed by atoms with van der Waals surface area (Å²) >= 11 is 0. The monoisotopic (exact) mass is 404 g/mol. The zero-order valence-electron chi connectivity index (χ0n) is 15.1. The standard InChI is InChI=1S/C19H15F3N4O3/c1-12(10-13-2-6-15(7-3-13)28-18(23)27)17-24-11-26(25-17)14-4-8-16(9-5-14)29-19(20,21)22/h2-11H,1H3,(H2,23,27). The number of primary amides is 1. The Labute approximate surface area is 163 Å². The lowest BCUT2D eigenvalue weighted by Crippen LogP contribution is -2.17. The number of benzene rings is 2. The van der Waals surface area contributed by atoms with Gasteiger partial charge in [-0.1, -0.05) is 12.1 Å². The first-order chi connectivity index (χ1) is 13.7. The Morgan fingerprint density at radius 1 is 1.07 bits per heavy atom. The molecule has 0 aliphatic heterocycles. The van der Waals surface area contributed by atoms with Crippen molar-refractivity contribution < 1.29 is 27.4 Å². The number of carbonyl (C=O) groups excluding carboxylic acids is 1. The molecule has 0 unspecified atom stereocenters. The smallest absolute Gasteiger partial charge is 0.411 e. The van der Waals surface area contributed by atoms with Gasteiger partial charge in [0.2, 0.25) is 0 Å². The molecule has 0 fully saturated rings. The number of nitrogens with zero attached hydrogens (tertiary/aromatic N) is 3. The lowest BCUT2D eigenvalue weighted by molar-refractivity contribution is -0.274. The van der Waals surface area contributed by atoms with E-state index in [0.29, 0.717) is 17.3 Å². The van der Waals surface area contributed by atoms with Crippen LogP contribution in [0.1, 0.15) is 18.3 Å². The van der Waals surface area contributed by atoms with Gasteiger partial charge >= 0.3 is 12.5 Å². The maximum absolute atomic E-state index is 12.2. The molecule has 150 valence electrons. The van der Waals surface area contributed by atoms with Crippen LogP contribution in [0.3, 0.4) is 0 Å². The van der Waals surface area contributed by atoms with Gasteiger partial charge in [0.15, 0.2) is 5.82 Å². The lowest BCUT2D eigenvalue weighted by Gasteiger charge is -2.09. The van der Waals surface area contributed by atoms with Crippen LogP contribution in [-0.2, 0) is 0 Å². The third kappa shape index (κ3) is 5.58. The summed E-state index contributed by atoms with van der Waals surface area (Å²) in [5, 5.41) is 4.33. The third-order valence-electron chi connectivity index (χ3n) is 3.66. The van der Waals surface area contributed by atoms with Crippen LogP contribution in [0.5, 0.6) is 11.5 Å². The van der Waals surface area contributed by atoms with Crippen molar-refractivity contribution in [1.82, 2.24) is 14.8 Å². The third-order valence-corrected chi connectivity index (χ3v) is 3.66. The largest absolute Gasteiger partial charge is 0.573 e. The number of halogens is 3. The Hall–Kier alpha value is -3.82. The molecule has 0 saturated carbocycles. The molecule has 10 heteroatoms. The first-order valence-electron chi connectivity index (χ1n) is 8.23. The lowest BCUT2D eigenvalue weighted by atomic mass is 10.1. The van der Waals surface area contributed by atoms with E-state index < -0.39 is 12.5 Å². The summed E-state index contributed by atoms with van der Waals surface area (Å²) in [6.45, 7) is 1.81. The molecule has 2 aromatic carbocycles. The van der Waals surface area contributed by atoms with E-state index in [2.05, 4.69) is 14.8 Å². The fourth-order valence-electron chi connectivity index (χ4n) is 2.43.